The average molecular weight is 315 g/mol. The Morgan fingerprint density at radius 2 is 1.70 bits per heavy atom. The van der Waals surface area contributed by atoms with Crippen LogP contribution < -0.4 is 0 Å². The molecule has 0 unspecified atom stereocenters. The number of halogens is 1. The zero-order valence-electron chi connectivity index (χ0n) is 12.4. The molecule has 20 heavy (non-hydrogen) atoms. The van der Waals surface area contributed by atoms with E-state index in [1.165, 1.54) is 6.07 Å². The lowest BCUT2D eigenvalue weighted by Gasteiger charge is -2.14. The Hall–Kier alpha value is -1.13. The number of aryl methyl sites for hydroxylation is 1. The Balaban J connectivity index is 3.84. The second kappa shape index (κ2) is 6.10. The predicted octanol–water partition coefficient (Wildman–Crippen LogP) is 3.84. The van der Waals surface area contributed by atoms with Crippen LogP contribution in [0.5, 0.6) is 0 Å². The molecule has 0 aliphatic heterocycles. The van der Waals surface area contributed by atoms with E-state index in [0.29, 0.717) is 12.0 Å². The molecule has 0 amide bonds. The van der Waals surface area contributed by atoms with Crippen LogP contribution in [-0.4, -0.2) is 19.9 Å². The molecule has 1 rings (SSSR count). The van der Waals surface area contributed by atoms with Crippen LogP contribution in [-0.2, 0) is 16.3 Å². The normalized spacial score (nSPS) is 11.3. The molecule has 0 N–H and O–H groups in total. The standard InChI is InChI=1S/C15H19ClO3S/c1-6-11-7-12(10(4)9(2)3)14(20(5,18)19)8-13(11)15(16)17/h7-8H,6H2,1-5H3. The van der Waals surface area contributed by atoms with Gasteiger partial charge >= 0.3 is 0 Å². The van der Waals surface area contributed by atoms with E-state index in [-0.39, 0.29) is 10.5 Å². The minimum absolute atomic E-state index is 0.150. The second-order valence-corrected chi connectivity index (χ2v) is 7.36. The smallest absolute Gasteiger partial charge is 0.252 e. The van der Waals surface area contributed by atoms with Crippen molar-refractivity contribution in [1.29, 1.82) is 0 Å². The first-order valence-corrected chi connectivity index (χ1v) is 8.57. The zero-order chi connectivity index (χ0) is 15.7. The van der Waals surface area contributed by atoms with Crippen LogP contribution in [0.1, 0.15) is 49.2 Å². The largest absolute Gasteiger partial charge is 0.276 e. The number of rotatable bonds is 4. The first-order chi connectivity index (χ1) is 9.09. The van der Waals surface area contributed by atoms with Gasteiger partial charge in [0.2, 0.25) is 0 Å². The van der Waals surface area contributed by atoms with Gasteiger partial charge in [-0.3, -0.25) is 4.79 Å². The van der Waals surface area contributed by atoms with Crippen molar-refractivity contribution >= 4 is 32.3 Å². The summed E-state index contributed by atoms with van der Waals surface area (Å²) in [4.78, 5) is 11.6. The van der Waals surface area contributed by atoms with E-state index in [9.17, 15) is 13.2 Å². The molecular formula is C15H19ClO3S. The highest BCUT2D eigenvalue weighted by Gasteiger charge is 2.20. The molecule has 0 aliphatic carbocycles. The Morgan fingerprint density at radius 1 is 1.15 bits per heavy atom. The summed E-state index contributed by atoms with van der Waals surface area (Å²) in [7, 11) is -3.44. The average Bonchev–Trinajstić information content (AvgIpc) is 2.34. The van der Waals surface area contributed by atoms with Crippen molar-refractivity contribution in [1.82, 2.24) is 0 Å². The Kier molecular flexibility index (Phi) is 5.16. The molecule has 1 aromatic carbocycles. The van der Waals surface area contributed by atoms with Gasteiger partial charge in [0.25, 0.3) is 5.24 Å². The van der Waals surface area contributed by atoms with E-state index in [1.807, 2.05) is 27.7 Å². The predicted molar refractivity (Wildman–Crippen MR) is 83.1 cm³/mol. The maximum atomic E-state index is 12.0. The summed E-state index contributed by atoms with van der Waals surface area (Å²) in [6, 6.07) is 3.15. The second-order valence-electron chi connectivity index (χ2n) is 5.03. The molecule has 110 valence electrons. The van der Waals surface area contributed by atoms with Crippen molar-refractivity contribution in [3.05, 3.63) is 34.4 Å². The van der Waals surface area contributed by atoms with Crippen molar-refractivity contribution < 1.29 is 13.2 Å². The number of sulfone groups is 1. The monoisotopic (exact) mass is 314 g/mol. The third kappa shape index (κ3) is 3.49. The van der Waals surface area contributed by atoms with E-state index >= 15 is 0 Å². The summed E-state index contributed by atoms with van der Waals surface area (Å²) < 4.78 is 24.0. The summed E-state index contributed by atoms with van der Waals surface area (Å²) in [5, 5.41) is -0.631. The molecule has 0 heterocycles. The van der Waals surface area contributed by atoms with Crippen LogP contribution in [0.25, 0.3) is 5.57 Å². The maximum Gasteiger partial charge on any atom is 0.252 e. The third-order valence-corrected chi connectivity index (χ3v) is 4.69. The number of carbonyl (C=O) groups excluding carboxylic acids is 1. The van der Waals surface area contributed by atoms with Gasteiger partial charge in [-0.1, -0.05) is 12.5 Å². The van der Waals surface area contributed by atoms with Gasteiger partial charge in [0.05, 0.1) is 4.90 Å². The number of allylic oxidation sites excluding steroid dienone is 2. The first-order valence-electron chi connectivity index (χ1n) is 6.30. The molecule has 3 nitrogen and oxygen atoms in total. The van der Waals surface area contributed by atoms with Crippen LogP contribution in [0.15, 0.2) is 22.6 Å². The highest BCUT2D eigenvalue weighted by Crippen LogP contribution is 2.30. The minimum atomic E-state index is -3.44. The van der Waals surface area contributed by atoms with Crippen LogP contribution in [0, 0.1) is 0 Å². The van der Waals surface area contributed by atoms with Crippen LogP contribution in [0.3, 0.4) is 0 Å². The van der Waals surface area contributed by atoms with Gasteiger partial charge in [0.1, 0.15) is 0 Å². The number of carbonyl (C=O) groups is 1. The number of benzene rings is 1. The van der Waals surface area contributed by atoms with Gasteiger partial charge in [-0.05, 0) is 67.6 Å². The van der Waals surface area contributed by atoms with E-state index in [4.69, 9.17) is 11.6 Å². The van der Waals surface area contributed by atoms with Crippen molar-refractivity contribution in [3.8, 4) is 0 Å². The molecule has 0 aromatic heterocycles. The van der Waals surface area contributed by atoms with Gasteiger partial charge in [-0.2, -0.15) is 0 Å². The van der Waals surface area contributed by atoms with Crippen LogP contribution in [0.2, 0.25) is 0 Å². The van der Waals surface area contributed by atoms with E-state index in [1.54, 1.807) is 6.07 Å². The summed E-state index contributed by atoms with van der Waals surface area (Å²) in [5.74, 6) is 0. The molecule has 0 bridgehead atoms. The fourth-order valence-electron chi connectivity index (χ4n) is 1.97. The van der Waals surface area contributed by atoms with Gasteiger partial charge in [-0.25, -0.2) is 8.42 Å². The maximum absolute atomic E-state index is 12.0. The lowest BCUT2D eigenvalue weighted by molar-refractivity contribution is 0.108. The van der Waals surface area contributed by atoms with Crippen LogP contribution >= 0.6 is 11.6 Å². The van der Waals surface area contributed by atoms with Crippen molar-refractivity contribution in [3.63, 3.8) is 0 Å². The van der Waals surface area contributed by atoms with Crippen molar-refractivity contribution in [2.75, 3.05) is 6.26 Å². The number of hydrogen-bond acceptors (Lipinski definition) is 3. The minimum Gasteiger partial charge on any atom is -0.276 e. The lowest BCUT2D eigenvalue weighted by Crippen LogP contribution is -2.07. The Morgan fingerprint density at radius 3 is 2.05 bits per heavy atom. The lowest BCUT2D eigenvalue weighted by atomic mass is 9.96. The van der Waals surface area contributed by atoms with Gasteiger partial charge in [0.15, 0.2) is 9.84 Å². The molecule has 0 saturated carbocycles. The van der Waals surface area contributed by atoms with E-state index in [2.05, 4.69) is 0 Å². The van der Waals surface area contributed by atoms with Gasteiger partial charge < -0.3 is 0 Å². The SMILES string of the molecule is CCc1cc(C(C)=C(C)C)c(S(C)(=O)=O)cc1C(=O)Cl. The molecule has 5 heteroatoms. The van der Waals surface area contributed by atoms with E-state index in [0.717, 1.165) is 23.0 Å². The number of hydrogen-bond donors (Lipinski definition) is 0. The molecule has 0 atom stereocenters. The summed E-state index contributed by atoms with van der Waals surface area (Å²) >= 11 is 5.56. The van der Waals surface area contributed by atoms with Gasteiger partial charge in [0, 0.05) is 11.8 Å². The molecular weight excluding hydrogens is 296 g/mol. The highest BCUT2D eigenvalue weighted by atomic mass is 35.5. The highest BCUT2D eigenvalue weighted by molar-refractivity contribution is 7.90. The first kappa shape index (κ1) is 16.9. The van der Waals surface area contributed by atoms with Crippen molar-refractivity contribution in [2.45, 2.75) is 39.0 Å². The summed E-state index contributed by atoms with van der Waals surface area (Å²) in [6.45, 7) is 7.63. The topological polar surface area (TPSA) is 51.2 Å². The fourth-order valence-corrected chi connectivity index (χ4v) is 3.09. The molecule has 0 spiro atoms. The summed E-state index contributed by atoms with van der Waals surface area (Å²) in [5.41, 5.74) is 3.59. The molecule has 0 fully saturated rings. The quantitative estimate of drug-likeness (QED) is 0.793. The molecule has 0 saturated heterocycles. The molecule has 1 aromatic rings. The summed E-state index contributed by atoms with van der Waals surface area (Å²) in [6.07, 6.45) is 1.75. The van der Waals surface area contributed by atoms with Crippen LogP contribution in [0.4, 0.5) is 0 Å². The third-order valence-electron chi connectivity index (χ3n) is 3.35. The van der Waals surface area contributed by atoms with Crippen molar-refractivity contribution in [2.24, 2.45) is 0 Å². The van der Waals surface area contributed by atoms with Gasteiger partial charge in [-0.15, -0.1) is 0 Å². The molecule has 0 radical (unpaired) electrons. The zero-order valence-corrected chi connectivity index (χ0v) is 13.9. The Bertz CT molecular complexity index is 681. The van der Waals surface area contributed by atoms with E-state index < -0.39 is 15.1 Å². The fraction of sp³-hybridized carbons (Fsp3) is 0.400. The Labute approximate surface area is 125 Å². The molecule has 0 aliphatic rings.